The summed E-state index contributed by atoms with van der Waals surface area (Å²) < 4.78 is 0. The maximum absolute atomic E-state index is 12.3. The average molecular weight is 355 g/mol. The maximum Gasteiger partial charge on any atom is 0.251 e. The van der Waals surface area contributed by atoms with Crippen molar-refractivity contribution in [2.75, 3.05) is 0 Å². The molecule has 3 rings (SSSR count). The fraction of sp³-hybridized carbons (Fsp3) is 0.111. The molecule has 0 aliphatic carbocycles. The Bertz CT molecular complexity index is 928. The number of rotatable bonds is 5. The van der Waals surface area contributed by atoms with Crippen LogP contribution in [0.2, 0.25) is 5.02 Å². The zero-order chi connectivity index (χ0) is 17.8. The van der Waals surface area contributed by atoms with Gasteiger partial charge in [-0.2, -0.15) is 0 Å². The molecule has 0 spiro atoms. The maximum atomic E-state index is 12.3. The minimum Gasteiger partial charge on any atom is -0.368 e. The van der Waals surface area contributed by atoms with E-state index in [0.717, 1.165) is 5.52 Å². The molecule has 2 amide bonds. The van der Waals surface area contributed by atoms with Gasteiger partial charge in [-0.3, -0.25) is 14.6 Å². The van der Waals surface area contributed by atoms with Gasteiger partial charge in [0.1, 0.15) is 6.04 Å². The van der Waals surface area contributed by atoms with Crippen LogP contribution in [0.5, 0.6) is 0 Å². The zero-order valence-electron chi connectivity index (χ0n) is 13.1. The Morgan fingerprint density at radius 2 is 1.76 bits per heavy atom. The molecule has 0 fully saturated rings. The van der Waals surface area contributed by atoms with Crippen molar-refractivity contribution in [2.24, 2.45) is 5.73 Å². The lowest BCUT2D eigenvalue weighted by Crippen LogP contribution is -2.46. The third-order valence-electron chi connectivity index (χ3n) is 3.67. The number of primary amides is 1. The van der Waals surface area contributed by atoms with Crippen LogP contribution in [0.1, 0.15) is 16.1 Å². The molecule has 1 aromatic heterocycles. The van der Waals surface area contributed by atoms with E-state index in [-0.39, 0.29) is 6.42 Å². The number of aromatic nitrogens is 2. The summed E-state index contributed by atoms with van der Waals surface area (Å²) in [4.78, 5) is 32.8. The minimum atomic E-state index is -0.890. The second-order valence-electron chi connectivity index (χ2n) is 5.49. The highest BCUT2D eigenvalue weighted by Crippen LogP contribution is 2.11. The average Bonchev–Trinajstić information content (AvgIpc) is 2.61. The highest BCUT2D eigenvalue weighted by Gasteiger charge is 2.20. The lowest BCUT2D eigenvalue weighted by Gasteiger charge is -2.15. The van der Waals surface area contributed by atoms with Gasteiger partial charge in [0.05, 0.1) is 16.7 Å². The Hall–Kier alpha value is -2.99. The molecular formula is C18H15ClN4O2. The number of amides is 2. The molecular weight excluding hydrogens is 340 g/mol. The van der Waals surface area contributed by atoms with E-state index >= 15 is 0 Å². The lowest BCUT2D eigenvalue weighted by atomic mass is 10.1. The van der Waals surface area contributed by atoms with Crippen molar-refractivity contribution in [3.63, 3.8) is 0 Å². The third-order valence-corrected chi connectivity index (χ3v) is 3.92. The Balaban J connectivity index is 1.77. The number of carbonyl (C=O) groups is 2. The van der Waals surface area contributed by atoms with E-state index in [1.54, 1.807) is 30.5 Å². The van der Waals surface area contributed by atoms with Gasteiger partial charge in [-0.05, 0) is 36.4 Å². The molecule has 25 heavy (non-hydrogen) atoms. The Morgan fingerprint density at radius 1 is 1.08 bits per heavy atom. The summed E-state index contributed by atoms with van der Waals surface area (Å²) in [5.41, 5.74) is 7.85. The van der Waals surface area contributed by atoms with Crippen LogP contribution in [0.3, 0.4) is 0 Å². The molecule has 1 heterocycles. The van der Waals surface area contributed by atoms with Crippen molar-refractivity contribution < 1.29 is 9.59 Å². The normalized spacial score (nSPS) is 11.9. The van der Waals surface area contributed by atoms with Crippen LogP contribution in [-0.4, -0.2) is 27.8 Å². The first kappa shape index (κ1) is 16.9. The molecule has 0 saturated carbocycles. The largest absolute Gasteiger partial charge is 0.368 e. The molecule has 0 radical (unpaired) electrons. The minimum absolute atomic E-state index is 0.159. The number of nitrogens with two attached hydrogens (primary N) is 1. The zero-order valence-corrected chi connectivity index (χ0v) is 13.9. The monoisotopic (exact) mass is 354 g/mol. The van der Waals surface area contributed by atoms with Crippen molar-refractivity contribution in [1.29, 1.82) is 0 Å². The Labute approximate surface area is 149 Å². The molecule has 7 heteroatoms. The third kappa shape index (κ3) is 4.10. The van der Waals surface area contributed by atoms with Crippen molar-refractivity contribution in [3.05, 3.63) is 71.0 Å². The van der Waals surface area contributed by atoms with Crippen LogP contribution < -0.4 is 11.1 Å². The topological polar surface area (TPSA) is 98.0 Å². The van der Waals surface area contributed by atoms with Gasteiger partial charge in [0.25, 0.3) is 5.91 Å². The van der Waals surface area contributed by atoms with Gasteiger partial charge >= 0.3 is 0 Å². The molecule has 126 valence electrons. The molecule has 2 aromatic carbocycles. The first-order valence-corrected chi connectivity index (χ1v) is 7.97. The van der Waals surface area contributed by atoms with Crippen molar-refractivity contribution >= 4 is 34.4 Å². The van der Waals surface area contributed by atoms with Gasteiger partial charge in [0, 0.05) is 23.2 Å². The summed E-state index contributed by atoms with van der Waals surface area (Å²) in [6, 6.07) is 12.9. The van der Waals surface area contributed by atoms with Crippen molar-refractivity contribution in [2.45, 2.75) is 12.5 Å². The van der Waals surface area contributed by atoms with E-state index in [4.69, 9.17) is 17.3 Å². The number of nitrogens with zero attached hydrogens (tertiary/aromatic N) is 2. The Morgan fingerprint density at radius 3 is 2.44 bits per heavy atom. The van der Waals surface area contributed by atoms with Crippen LogP contribution in [0, 0.1) is 0 Å². The SMILES string of the molecule is NC(=O)[C@H](Cc1cnc2ccccc2n1)NC(=O)c1ccc(Cl)cc1. The fourth-order valence-corrected chi connectivity index (χ4v) is 2.49. The molecule has 6 nitrogen and oxygen atoms in total. The fourth-order valence-electron chi connectivity index (χ4n) is 2.37. The van der Waals surface area contributed by atoms with Crippen LogP contribution in [-0.2, 0) is 11.2 Å². The number of halogens is 1. The van der Waals surface area contributed by atoms with Crippen LogP contribution >= 0.6 is 11.6 Å². The van der Waals surface area contributed by atoms with Gasteiger partial charge in [-0.1, -0.05) is 23.7 Å². The van der Waals surface area contributed by atoms with Gasteiger partial charge in [0.15, 0.2) is 0 Å². The van der Waals surface area contributed by atoms with Crippen LogP contribution in [0.4, 0.5) is 0 Å². The summed E-state index contributed by atoms with van der Waals surface area (Å²) in [7, 11) is 0. The summed E-state index contributed by atoms with van der Waals surface area (Å²) in [6.07, 6.45) is 1.74. The first-order valence-electron chi connectivity index (χ1n) is 7.59. The van der Waals surface area contributed by atoms with Crippen molar-refractivity contribution in [1.82, 2.24) is 15.3 Å². The van der Waals surface area contributed by atoms with E-state index in [9.17, 15) is 9.59 Å². The number of benzene rings is 2. The van der Waals surface area contributed by atoms with E-state index in [1.165, 1.54) is 0 Å². The van der Waals surface area contributed by atoms with Gasteiger partial charge in [0.2, 0.25) is 5.91 Å². The molecule has 0 aliphatic rings. The number of hydrogen-bond acceptors (Lipinski definition) is 4. The van der Waals surface area contributed by atoms with E-state index in [2.05, 4.69) is 15.3 Å². The standard InChI is InChI=1S/C18H15ClN4O2/c19-12-7-5-11(6-8-12)18(25)23-16(17(20)24)9-13-10-21-14-3-1-2-4-15(14)22-13/h1-8,10,16H,9H2,(H2,20,24)(H,23,25)/t16-/m0/s1. The number of para-hydroxylation sites is 2. The second-order valence-corrected chi connectivity index (χ2v) is 5.93. The summed E-state index contributed by atoms with van der Waals surface area (Å²) >= 11 is 5.81. The van der Waals surface area contributed by atoms with E-state index < -0.39 is 17.9 Å². The second kappa shape index (κ2) is 7.27. The van der Waals surface area contributed by atoms with Crippen LogP contribution in [0.15, 0.2) is 54.7 Å². The highest BCUT2D eigenvalue weighted by atomic mass is 35.5. The smallest absolute Gasteiger partial charge is 0.251 e. The van der Waals surface area contributed by atoms with Crippen LogP contribution in [0.25, 0.3) is 11.0 Å². The summed E-state index contributed by atoms with van der Waals surface area (Å²) in [6.45, 7) is 0. The van der Waals surface area contributed by atoms with E-state index in [1.807, 2.05) is 24.3 Å². The first-order chi connectivity index (χ1) is 12.0. The molecule has 1 atom stereocenters. The number of carbonyl (C=O) groups excluding carboxylic acids is 2. The van der Waals surface area contributed by atoms with Crippen molar-refractivity contribution in [3.8, 4) is 0 Å². The van der Waals surface area contributed by atoms with Gasteiger partial charge in [-0.25, -0.2) is 4.98 Å². The lowest BCUT2D eigenvalue weighted by molar-refractivity contribution is -0.119. The molecule has 0 aliphatic heterocycles. The number of hydrogen-bond donors (Lipinski definition) is 2. The predicted octanol–water partition coefficient (Wildman–Crippen LogP) is 2.11. The van der Waals surface area contributed by atoms with E-state index in [0.29, 0.717) is 21.8 Å². The number of nitrogens with one attached hydrogen (secondary N) is 1. The molecule has 0 bridgehead atoms. The summed E-state index contributed by atoms with van der Waals surface area (Å²) in [5, 5.41) is 3.15. The molecule has 3 aromatic rings. The number of fused-ring (bicyclic) bond motifs is 1. The Kier molecular flexibility index (Phi) is 4.90. The molecule has 3 N–H and O–H groups in total. The molecule has 0 saturated heterocycles. The molecule has 0 unspecified atom stereocenters. The predicted molar refractivity (Wildman–Crippen MR) is 95.1 cm³/mol. The quantitative estimate of drug-likeness (QED) is 0.733. The highest BCUT2D eigenvalue weighted by molar-refractivity contribution is 6.30. The van der Waals surface area contributed by atoms with Gasteiger partial charge in [-0.15, -0.1) is 0 Å². The van der Waals surface area contributed by atoms with Gasteiger partial charge < -0.3 is 11.1 Å². The summed E-state index contributed by atoms with van der Waals surface area (Å²) in [5.74, 6) is -1.05.